The molecule has 4 aliphatic rings. The first-order valence-corrected chi connectivity index (χ1v) is 12.9. The third-order valence-corrected chi connectivity index (χ3v) is 11.6. The van der Waals surface area contributed by atoms with Crippen molar-refractivity contribution >= 4 is 0 Å². The highest BCUT2D eigenvalue weighted by Gasteiger charge is 2.62. The van der Waals surface area contributed by atoms with Gasteiger partial charge in [-0.1, -0.05) is 13.8 Å². The molecule has 4 aliphatic carbocycles. The molecule has 0 spiro atoms. The topological polar surface area (TPSA) is 0 Å². The minimum absolute atomic E-state index is 0. The average Bonchev–Trinajstić information content (AvgIpc) is 2.95. The summed E-state index contributed by atoms with van der Waals surface area (Å²) in [4.78, 5) is 0. The maximum absolute atomic E-state index is 2.74. The van der Waals surface area contributed by atoms with E-state index in [0.717, 1.165) is 46.2 Å². The van der Waals surface area contributed by atoms with Crippen molar-refractivity contribution in [2.24, 2.45) is 40.4 Å². The van der Waals surface area contributed by atoms with Gasteiger partial charge in [-0.3, -0.25) is 0 Å². The van der Waals surface area contributed by atoms with Crippen molar-refractivity contribution in [2.75, 3.05) is 42.3 Å². The first-order valence-electron chi connectivity index (χ1n) is 12.9. The molecule has 0 aliphatic heterocycles. The molecule has 0 aromatic heterocycles. The molecule has 4 rings (SSSR count). The van der Waals surface area contributed by atoms with Gasteiger partial charge in [-0.15, -0.1) is 0 Å². The monoisotopic (exact) mass is 658 g/mol. The Hall–Kier alpha value is 1.38. The van der Waals surface area contributed by atoms with Crippen LogP contribution in [0.2, 0.25) is 0 Å². The second kappa shape index (κ2) is 9.44. The van der Waals surface area contributed by atoms with E-state index in [1.54, 1.807) is 6.42 Å². The van der Waals surface area contributed by atoms with Crippen LogP contribution >= 0.6 is 0 Å². The van der Waals surface area contributed by atoms with Crippen LogP contribution in [0.5, 0.6) is 0 Å². The molecule has 0 unspecified atom stereocenters. The number of rotatable bonds is 3. The van der Waals surface area contributed by atoms with Gasteiger partial charge in [0.05, 0.1) is 54.4 Å². The largest absolute Gasteiger partial charge is 1.00 e. The van der Waals surface area contributed by atoms with Gasteiger partial charge in [0.2, 0.25) is 0 Å². The van der Waals surface area contributed by atoms with Gasteiger partial charge >= 0.3 is 0 Å². The standard InChI is InChI=1S/C27H52N2.2HI/c1-19(28(4,5)6)23-12-13-24-22-11-10-20-18-21(29(7,8)9)14-16-26(20,2)25(22)15-17-27(23,24)3;;/h19-25H,10-18H2,1-9H3;2*1H/q+2;;/p-2/t19-,20-,21-,22-,23+,24-,25-,26-,27+;;/m0../s1. The van der Waals surface area contributed by atoms with E-state index in [0.29, 0.717) is 10.8 Å². The summed E-state index contributed by atoms with van der Waals surface area (Å²) in [6, 6.07) is 1.67. The van der Waals surface area contributed by atoms with E-state index in [1.807, 2.05) is 0 Å². The Balaban J connectivity index is 0.00000171. The van der Waals surface area contributed by atoms with E-state index in [-0.39, 0.29) is 48.0 Å². The first-order chi connectivity index (χ1) is 13.3. The van der Waals surface area contributed by atoms with Gasteiger partial charge in [0.15, 0.2) is 0 Å². The lowest BCUT2D eigenvalue weighted by Gasteiger charge is -2.62. The average molecular weight is 659 g/mol. The Morgan fingerprint density at radius 2 is 1.29 bits per heavy atom. The molecule has 0 heterocycles. The summed E-state index contributed by atoms with van der Waals surface area (Å²) in [5.74, 6) is 4.97. The molecule has 0 aromatic carbocycles. The molecule has 0 aromatic rings. The quantitative estimate of drug-likeness (QED) is 0.292. The highest BCUT2D eigenvalue weighted by molar-refractivity contribution is 5.10. The third-order valence-electron chi connectivity index (χ3n) is 11.6. The highest BCUT2D eigenvalue weighted by atomic mass is 127. The Kier molecular flexibility index (Phi) is 8.72. The minimum Gasteiger partial charge on any atom is -1.00 e. The summed E-state index contributed by atoms with van der Waals surface area (Å²) < 4.78 is 2.30. The molecule has 184 valence electrons. The van der Waals surface area contributed by atoms with Crippen LogP contribution in [0.25, 0.3) is 0 Å². The van der Waals surface area contributed by atoms with Gasteiger partial charge in [-0.25, -0.2) is 0 Å². The predicted molar refractivity (Wildman–Crippen MR) is 125 cm³/mol. The van der Waals surface area contributed by atoms with Crippen LogP contribution in [0.4, 0.5) is 0 Å². The van der Waals surface area contributed by atoms with Gasteiger partial charge in [-0.05, 0) is 92.8 Å². The van der Waals surface area contributed by atoms with Gasteiger partial charge in [0.1, 0.15) is 0 Å². The second-order valence-electron chi connectivity index (χ2n) is 14.3. The SMILES string of the molecule is C[C@@H]([C@H]1CC[C@H]2[C@@H]3CC[C@H]4C[C@@H]([N+](C)(C)C)CC[C@]4(C)[C@H]3CC[C@]12C)[N+](C)(C)C.[I-].[I-]. The van der Waals surface area contributed by atoms with Crippen molar-refractivity contribution in [2.45, 2.75) is 90.6 Å². The molecule has 9 atom stereocenters. The second-order valence-corrected chi connectivity index (χ2v) is 14.3. The molecule has 31 heavy (non-hydrogen) atoms. The van der Waals surface area contributed by atoms with Crippen LogP contribution in [0, 0.1) is 40.4 Å². The number of nitrogens with zero attached hydrogens (tertiary/aromatic N) is 2. The van der Waals surface area contributed by atoms with E-state index >= 15 is 0 Å². The lowest BCUT2D eigenvalue weighted by molar-refractivity contribution is -0.899. The molecule has 2 nitrogen and oxygen atoms in total. The van der Waals surface area contributed by atoms with Gasteiger partial charge in [0, 0.05) is 12.3 Å². The molecular weight excluding hydrogens is 606 g/mol. The lowest BCUT2D eigenvalue weighted by Crippen LogP contribution is -3.00. The maximum Gasteiger partial charge on any atom is 0.0889 e. The highest BCUT2D eigenvalue weighted by Crippen LogP contribution is 2.68. The van der Waals surface area contributed by atoms with Gasteiger partial charge < -0.3 is 56.9 Å². The fraction of sp³-hybridized carbons (Fsp3) is 1.00. The third kappa shape index (κ3) is 4.77. The van der Waals surface area contributed by atoms with Gasteiger partial charge in [-0.2, -0.15) is 0 Å². The maximum atomic E-state index is 2.74. The van der Waals surface area contributed by atoms with E-state index < -0.39 is 0 Å². The van der Waals surface area contributed by atoms with Crippen molar-refractivity contribution < 1.29 is 56.9 Å². The van der Waals surface area contributed by atoms with Crippen molar-refractivity contribution in [1.29, 1.82) is 0 Å². The zero-order chi connectivity index (χ0) is 21.4. The molecule has 0 bridgehead atoms. The summed E-state index contributed by atoms with van der Waals surface area (Å²) in [6.07, 6.45) is 13.6. The van der Waals surface area contributed by atoms with Crippen molar-refractivity contribution in [3.8, 4) is 0 Å². The zero-order valence-corrected chi connectivity index (χ0v) is 26.4. The first kappa shape index (κ1) is 28.6. The van der Waals surface area contributed by atoms with Crippen LogP contribution in [-0.4, -0.2) is 63.3 Å². The fourth-order valence-corrected chi connectivity index (χ4v) is 9.31. The summed E-state index contributed by atoms with van der Waals surface area (Å²) in [6.45, 7) is 8.01. The zero-order valence-electron chi connectivity index (χ0n) is 22.1. The predicted octanol–water partition coefficient (Wildman–Crippen LogP) is -0.177. The van der Waals surface area contributed by atoms with Crippen LogP contribution in [0.15, 0.2) is 0 Å². The Morgan fingerprint density at radius 1 is 0.710 bits per heavy atom. The molecular formula is C27H52I2N2. The van der Waals surface area contributed by atoms with Crippen LogP contribution in [0.1, 0.15) is 78.6 Å². The summed E-state index contributed by atoms with van der Waals surface area (Å²) in [5, 5.41) is 0. The molecule has 0 amide bonds. The smallest absolute Gasteiger partial charge is 0.0889 e. The van der Waals surface area contributed by atoms with E-state index in [4.69, 9.17) is 0 Å². The molecule has 4 saturated carbocycles. The molecule has 0 N–H and O–H groups in total. The van der Waals surface area contributed by atoms with E-state index in [2.05, 4.69) is 63.1 Å². The summed E-state index contributed by atoms with van der Waals surface area (Å²) in [5.41, 5.74) is 1.24. The minimum atomic E-state index is 0. The molecule has 0 saturated heterocycles. The molecule has 0 radical (unpaired) electrons. The van der Waals surface area contributed by atoms with E-state index in [1.165, 1.54) is 55.8 Å². The lowest BCUT2D eigenvalue weighted by atomic mass is 9.44. The molecule has 4 heteroatoms. The van der Waals surface area contributed by atoms with E-state index in [9.17, 15) is 0 Å². The van der Waals surface area contributed by atoms with Crippen molar-refractivity contribution in [3.05, 3.63) is 0 Å². The molecule has 4 fully saturated rings. The van der Waals surface area contributed by atoms with Crippen LogP contribution < -0.4 is 48.0 Å². The number of fused-ring (bicyclic) bond motifs is 5. The number of halogens is 2. The van der Waals surface area contributed by atoms with Crippen LogP contribution in [0.3, 0.4) is 0 Å². The Bertz CT molecular complexity index is 624. The van der Waals surface area contributed by atoms with Gasteiger partial charge in [0.25, 0.3) is 0 Å². The van der Waals surface area contributed by atoms with Crippen molar-refractivity contribution in [1.82, 2.24) is 0 Å². The Morgan fingerprint density at radius 3 is 1.87 bits per heavy atom. The normalized spacial score (nSPS) is 46.0. The fourth-order valence-electron chi connectivity index (χ4n) is 9.31. The number of quaternary nitrogens is 2. The summed E-state index contributed by atoms with van der Waals surface area (Å²) >= 11 is 0. The Labute approximate surface area is 228 Å². The summed E-state index contributed by atoms with van der Waals surface area (Å²) in [7, 11) is 14.6. The van der Waals surface area contributed by atoms with Crippen LogP contribution in [-0.2, 0) is 0 Å². The number of hydrogen-bond donors (Lipinski definition) is 0. The number of hydrogen-bond acceptors (Lipinski definition) is 0. The van der Waals surface area contributed by atoms with Crippen molar-refractivity contribution in [3.63, 3.8) is 0 Å².